The molecule has 0 aliphatic carbocycles. The molecule has 3 nitrogen and oxygen atoms in total. The van der Waals surface area contributed by atoms with E-state index in [1.54, 1.807) is 0 Å². The quantitative estimate of drug-likeness (QED) is 0.722. The molecular formula is C12H26N2O. The van der Waals surface area contributed by atoms with Crippen LogP contribution in [0.2, 0.25) is 0 Å². The van der Waals surface area contributed by atoms with Gasteiger partial charge in [-0.1, -0.05) is 6.92 Å². The Morgan fingerprint density at radius 1 is 1.53 bits per heavy atom. The van der Waals surface area contributed by atoms with Crippen LogP contribution in [0.1, 0.15) is 39.5 Å². The van der Waals surface area contributed by atoms with E-state index in [1.165, 1.54) is 19.4 Å². The molecule has 0 spiro atoms. The van der Waals surface area contributed by atoms with Gasteiger partial charge in [0.05, 0.1) is 0 Å². The summed E-state index contributed by atoms with van der Waals surface area (Å²) in [6, 6.07) is 1.83. The monoisotopic (exact) mass is 214 g/mol. The average molecular weight is 214 g/mol. The normalized spacial score (nSPS) is 30.4. The second-order valence-electron chi connectivity index (χ2n) is 4.84. The van der Waals surface area contributed by atoms with Crippen LogP contribution in [0.4, 0.5) is 0 Å². The zero-order chi connectivity index (χ0) is 11.3. The topological polar surface area (TPSA) is 35.5 Å². The van der Waals surface area contributed by atoms with Crippen molar-refractivity contribution < 1.29 is 5.11 Å². The molecule has 1 saturated heterocycles. The SMILES string of the molecule is CCC(CCO)NC1CCN(C)C(C)C1. The molecule has 1 heterocycles. The highest BCUT2D eigenvalue weighted by atomic mass is 16.3. The summed E-state index contributed by atoms with van der Waals surface area (Å²) in [5.74, 6) is 0. The van der Waals surface area contributed by atoms with Crippen molar-refractivity contribution in [1.29, 1.82) is 0 Å². The fourth-order valence-corrected chi connectivity index (χ4v) is 2.34. The summed E-state index contributed by atoms with van der Waals surface area (Å²) >= 11 is 0. The second kappa shape index (κ2) is 6.46. The Balaban J connectivity index is 2.31. The van der Waals surface area contributed by atoms with Crippen LogP contribution in [0, 0.1) is 0 Å². The van der Waals surface area contributed by atoms with Crippen LogP contribution < -0.4 is 5.32 Å². The zero-order valence-corrected chi connectivity index (χ0v) is 10.4. The van der Waals surface area contributed by atoms with Gasteiger partial charge in [-0.25, -0.2) is 0 Å². The van der Waals surface area contributed by atoms with Crippen LogP contribution in [-0.2, 0) is 0 Å². The van der Waals surface area contributed by atoms with Gasteiger partial charge >= 0.3 is 0 Å². The van der Waals surface area contributed by atoms with E-state index in [9.17, 15) is 0 Å². The van der Waals surface area contributed by atoms with Crippen LogP contribution in [0.15, 0.2) is 0 Å². The molecule has 0 aromatic rings. The lowest BCUT2D eigenvalue weighted by molar-refractivity contribution is 0.156. The number of piperidine rings is 1. The Bertz CT molecular complexity index is 175. The van der Waals surface area contributed by atoms with Crippen molar-refractivity contribution >= 4 is 0 Å². The third-order valence-corrected chi connectivity index (χ3v) is 3.65. The van der Waals surface area contributed by atoms with Crippen molar-refractivity contribution in [3.63, 3.8) is 0 Å². The summed E-state index contributed by atoms with van der Waals surface area (Å²) in [6.07, 6.45) is 4.47. The Morgan fingerprint density at radius 3 is 2.80 bits per heavy atom. The summed E-state index contributed by atoms with van der Waals surface area (Å²) in [6.45, 7) is 5.97. The predicted molar refractivity (Wildman–Crippen MR) is 64.0 cm³/mol. The van der Waals surface area contributed by atoms with E-state index in [1.807, 2.05) is 0 Å². The number of nitrogens with one attached hydrogen (secondary N) is 1. The second-order valence-corrected chi connectivity index (χ2v) is 4.84. The maximum atomic E-state index is 8.94. The number of aliphatic hydroxyl groups excluding tert-OH is 1. The van der Waals surface area contributed by atoms with Gasteiger partial charge in [-0.05, 0) is 46.2 Å². The van der Waals surface area contributed by atoms with Gasteiger partial charge in [0.25, 0.3) is 0 Å². The minimum Gasteiger partial charge on any atom is -0.396 e. The number of nitrogens with zero attached hydrogens (tertiary/aromatic N) is 1. The Labute approximate surface area is 93.9 Å². The number of hydrogen-bond acceptors (Lipinski definition) is 3. The lowest BCUT2D eigenvalue weighted by atomic mass is 9.97. The molecule has 3 unspecified atom stereocenters. The number of aliphatic hydroxyl groups is 1. The molecule has 3 heteroatoms. The maximum absolute atomic E-state index is 8.94. The molecule has 1 rings (SSSR count). The summed E-state index contributed by atoms with van der Waals surface area (Å²) in [5.41, 5.74) is 0. The van der Waals surface area contributed by atoms with Gasteiger partial charge in [0.15, 0.2) is 0 Å². The molecule has 0 saturated carbocycles. The lowest BCUT2D eigenvalue weighted by Gasteiger charge is -2.37. The van der Waals surface area contributed by atoms with E-state index in [0.29, 0.717) is 24.7 Å². The van der Waals surface area contributed by atoms with Gasteiger partial charge in [0, 0.05) is 24.7 Å². The van der Waals surface area contributed by atoms with E-state index < -0.39 is 0 Å². The van der Waals surface area contributed by atoms with Gasteiger partial charge < -0.3 is 15.3 Å². The fourth-order valence-electron chi connectivity index (χ4n) is 2.34. The first-order chi connectivity index (χ1) is 7.17. The smallest absolute Gasteiger partial charge is 0.0445 e. The number of hydrogen-bond donors (Lipinski definition) is 2. The molecule has 0 aromatic heterocycles. The Kier molecular flexibility index (Phi) is 5.58. The highest BCUT2D eigenvalue weighted by Crippen LogP contribution is 2.16. The van der Waals surface area contributed by atoms with Gasteiger partial charge in [0.1, 0.15) is 0 Å². The lowest BCUT2D eigenvalue weighted by Crippen LogP contribution is -2.48. The van der Waals surface area contributed by atoms with Crippen molar-refractivity contribution in [2.45, 2.75) is 57.7 Å². The molecule has 0 aromatic carbocycles. The number of rotatable bonds is 5. The molecule has 1 aliphatic rings. The van der Waals surface area contributed by atoms with E-state index in [0.717, 1.165) is 12.8 Å². The summed E-state index contributed by atoms with van der Waals surface area (Å²) in [4.78, 5) is 2.42. The first kappa shape index (κ1) is 12.9. The molecule has 2 N–H and O–H groups in total. The number of likely N-dealkylation sites (tertiary alicyclic amines) is 1. The van der Waals surface area contributed by atoms with Crippen molar-refractivity contribution in [1.82, 2.24) is 10.2 Å². The first-order valence-corrected chi connectivity index (χ1v) is 6.24. The van der Waals surface area contributed by atoms with E-state index in [-0.39, 0.29) is 0 Å². The molecule has 0 amide bonds. The largest absolute Gasteiger partial charge is 0.396 e. The molecule has 1 aliphatic heterocycles. The zero-order valence-electron chi connectivity index (χ0n) is 10.4. The Hall–Kier alpha value is -0.120. The van der Waals surface area contributed by atoms with Crippen molar-refractivity contribution in [2.24, 2.45) is 0 Å². The Morgan fingerprint density at radius 2 is 2.27 bits per heavy atom. The molecule has 15 heavy (non-hydrogen) atoms. The third kappa shape index (κ3) is 4.09. The van der Waals surface area contributed by atoms with Crippen LogP contribution in [0.5, 0.6) is 0 Å². The van der Waals surface area contributed by atoms with Crippen LogP contribution in [-0.4, -0.2) is 48.3 Å². The highest BCUT2D eigenvalue weighted by molar-refractivity contribution is 4.83. The minimum atomic E-state index is 0.299. The van der Waals surface area contributed by atoms with E-state index in [4.69, 9.17) is 5.11 Å². The molecule has 0 radical (unpaired) electrons. The molecule has 1 fully saturated rings. The van der Waals surface area contributed by atoms with Crippen molar-refractivity contribution in [2.75, 3.05) is 20.2 Å². The van der Waals surface area contributed by atoms with Crippen LogP contribution >= 0.6 is 0 Å². The molecule has 0 bridgehead atoms. The summed E-state index contributed by atoms with van der Waals surface area (Å²) in [5, 5.41) is 12.6. The summed E-state index contributed by atoms with van der Waals surface area (Å²) in [7, 11) is 2.20. The first-order valence-electron chi connectivity index (χ1n) is 6.24. The highest BCUT2D eigenvalue weighted by Gasteiger charge is 2.23. The van der Waals surface area contributed by atoms with Gasteiger partial charge in [0.2, 0.25) is 0 Å². The van der Waals surface area contributed by atoms with Crippen molar-refractivity contribution in [3.8, 4) is 0 Å². The summed E-state index contributed by atoms with van der Waals surface area (Å²) < 4.78 is 0. The third-order valence-electron chi connectivity index (χ3n) is 3.65. The molecule has 90 valence electrons. The van der Waals surface area contributed by atoms with Gasteiger partial charge in [-0.3, -0.25) is 0 Å². The van der Waals surface area contributed by atoms with Crippen molar-refractivity contribution in [3.05, 3.63) is 0 Å². The van der Waals surface area contributed by atoms with Gasteiger partial charge in [-0.15, -0.1) is 0 Å². The maximum Gasteiger partial charge on any atom is 0.0445 e. The van der Waals surface area contributed by atoms with Crippen LogP contribution in [0.25, 0.3) is 0 Å². The van der Waals surface area contributed by atoms with E-state index in [2.05, 4.69) is 31.1 Å². The minimum absolute atomic E-state index is 0.299. The molecule has 3 atom stereocenters. The molecular weight excluding hydrogens is 188 g/mol. The fraction of sp³-hybridized carbons (Fsp3) is 1.00. The van der Waals surface area contributed by atoms with Gasteiger partial charge in [-0.2, -0.15) is 0 Å². The van der Waals surface area contributed by atoms with Crippen LogP contribution in [0.3, 0.4) is 0 Å². The standard InChI is InChI=1S/C12H26N2O/c1-4-11(6-8-15)13-12-5-7-14(3)10(2)9-12/h10-13,15H,4-9H2,1-3H3. The predicted octanol–water partition coefficient (Wildman–Crippen LogP) is 1.22. The average Bonchev–Trinajstić information content (AvgIpc) is 2.23. The van der Waals surface area contributed by atoms with E-state index >= 15 is 0 Å².